The lowest BCUT2D eigenvalue weighted by Gasteiger charge is -2.34. The number of aliphatic hydroxyl groups excluding tert-OH is 1. The zero-order valence-electron chi connectivity index (χ0n) is 19.8. The third-order valence-corrected chi connectivity index (χ3v) is 5.84. The Balaban J connectivity index is 1.43. The van der Waals surface area contributed by atoms with Crippen LogP contribution in [0.5, 0.6) is 11.5 Å². The van der Waals surface area contributed by atoms with Crippen LogP contribution in [0.1, 0.15) is 43.7 Å². The van der Waals surface area contributed by atoms with Crippen LogP contribution in [0.25, 0.3) is 0 Å². The highest BCUT2D eigenvalue weighted by Gasteiger charge is 2.19. The summed E-state index contributed by atoms with van der Waals surface area (Å²) >= 11 is 0. The maximum absolute atomic E-state index is 10.4. The number of benzene rings is 1. The Morgan fingerprint density at radius 3 is 2.50 bits per heavy atom. The predicted octanol–water partition coefficient (Wildman–Crippen LogP) is 2.47. The first-order chi connectivity index (χ1) is 15.5. The van der Waals surface area contributed by atoms with Crippen molar-refractivity contribution in [2.24, 2.45) is 0 Å². The fraction of sp³-hybridized carbons (Fsp3) is 0.625. The molecule has 0 bridgehead atoms. The number of methoxy groups -OCH3 is 1. The number of hydrogen-bond acceptors (Lipinski definition) is 8. The maximum atomic E-state index is 10.4. The van der Waals surface area contributed by atoms with Crippen molar-refractivity contribution in [3.63, 3.8) is 0 Å². The standard InChI is InChI=1S/C24H38N4O4/c1-5-27-8-10-28(11-9-27)16-20(29)17-31-23-7-6-19(12-24(23)30-4)14-25-15-21-13-22(18(2)3)26-32-21/h6-7,12-13,18,20,25,29H,5,8-11,14-17H2,1-4H3. The lowest BCUT2D eigenvalue weighted by molar-refractivity contribution is 0.0464. The lowest BCUT2D eigenvalue weighted by Crippen LogP contribution is -2.49. The van der Waals surface area contributed by atoms with Gasteiger partial charge in [0.05, 0.1) is 19.3 Å². The largest absolute Gasteiger partial charge is 0.493 e. The van der Waals surface area contributed by atoms with Gasteiger partial charge in [0.25, 0.3) is 0 Å². The maximum Gasteiger partial charge on any atom is 0.161 e. The molecule has 32 heavy (non-hydrogen) atoms. The lowest BCUT2D eigenvalue weighted by atomic mass is 10.1. The number of hydrogen-bond donors (Lipinski definition) is 2. The molecule has 178 valence electrons. The summed E-state index contributed by atoms with van der Waals surface area (Å²) in [6.07, 6.45) is -0.535. The summed E-state index contributed by atoms with van der Waals surface area (Å²) in [4.78, 5) is 4.72. The molecule has 1 aromatic heterocycles. The van der Waals surface area contributed by atoms with Gasteiger partial charge in [-0.3, -0.25) is 4.90 Å². The first kappa shape index (κ1) is 24.5. The second-order valence-corrected chi connectivity index (χ2v) is 8.66. The molecule has 0 saturated carbocycles. The van der Waals surface area contributed by atoms with Crippen molar-refractivity contribution in [1.29, 1.82) is 0 Å². The van der Waals surface area contributed by atoms with E-state index in [0.717, 1.165) is 49.7 Å². The molecule has 1 saturated heterocycles. The van der Waals surface area contributed by atoms with Crippen molar-refractivity contribution in [2.75, 3.05) is 53.0 Å². The van der Waals surface area contributed by atoms with E-state index in [1.165, 1.54) is 0 Å². The Hall–Kier alpha value is -2.13. The Bertz CT molecular complexity index is 818. The Morgan fingerprint density at radius 2 is 1.84 bits per heavy atom. The summed E-state index contributed by atoms with van der Waals surface area (Å²) in [5, 5.41) is 17.9. The average Bonchev–Trinajstić information content (AvgIpc) is 3.28. The van der Waals surface area contributed by atoms with Crippen molar-refractivity contribution >= 4 is 0 Å². The molecule has 1 unspecified atom stereocenters. The van der Waals surface area contributed by atoms with Gasteiger partial charge in [-0.1, -0.05) is 32.0 Å². The Labute approximate surface area is 191 Å². The van der Waals surface area contributed by atoms with E-state index in [-0.39, 0.29) is 6.61 Å². The normalized spacial score (nSPS) is 16.4. The number of piperazine rings is 1. The van der Waals surface area contributed by atoms with E-state index >= 15 is 0 Å². The van der Waals surface area contributed by atoms with Crippen LogP contribution in [0, 0.1) is 0 Å². The van der Waals surface area contributed by atoms with Gasteiger partial charge >= 0.3 is 0 Å². The van der Waals surface area contributed by atoms with Crippen LogP contribution in [0.15, 0.2) is 28.8 Å². The molecule has 1 fully saturated rings. The number of aromatic nitrogens is 1. The molecule has 8 nitrogen and oxygen atoms in total. The number of nitrogens with one attached hydrogen (secondary N) is 1. The van der Waals surface area contributed by atoms with Gasteiger partial charge in [-0.15, -0.1) is 0 Å². The summed E-state index contributed by atoms with van der Waals surface area (Å²) in [7, 11) is 1.63. The van der Waals surface area contributed by atoms with Crippen LogP contribution in [-0.4, -0.2) is 79.2 Å². The van der Waals surface area contributed by atoms with Crippen LogP contribution in [0.4, 0.5) is 0 Å². The molecule has 1 aliphatic rings. The third-order valence-electron chi connectivity index (χ3n) is 5.84. The van der Waals surface area contributed by atoms with Gasteiger partial charge in [0.15, 0.2) is 17.3 Å². The van der Waals surface area contributed by atoms with E-state index in [4.69, 9.17) is 14.0 Å². The minimum Gasteiger partial charge on any atom is -0.493 e. The fourth-order valence-electron chi connectivity index (χ4n) is 3.78. The molecular formula is C24H38N4O4. The first-order valence-electron chi connectivity index (χ1n) is 11.6. The molecule has 0 spiro atoms. The zero-order valence-corrected chi connectivity index (χ0v) is 19.8. The smallest absolute Gasteiger partial charge is 0.161 e. The van der Waals surface area contributed by atoms with Crippen molar-refractivity contribution in [3.05, 3.63) is 41.3 Å². The van der Waals surface area contributed by atoms with E-state index < -0.39 is 6.10 Å². The Kier molecular flexibility index (Phi) is 9.35. The molecule has 0 aliphatic carbocycles. The van der Waals surface area contributed by atoms with Gasteiger partial charge in [0.2, 0.25) is 0 Å². The molecule has 1 aliphatic heterocycles. The van der Waals surface area contributed by atoms with Crippen LogP contribution in [0.2, 0.25) is 0 Å². The zero-order chi connectivity index (χ0) is 22.9. The Morgan fingerprint density at radius 1 is 1.09 bits per heavy atom. The summed E-state index contributed by atoms with van der Waals surface area (Å²) in [6.45, 7) is 13.7. The fourth-order valence-corrected chi connectivity index (χ4v) is 3.78. The quantitative estimate of drug-likeness (QED) is 0.515. The second kappa shape index (κ2) is 12.2. The van der Waals surface area contributed by atoms with Crippen LogP contribution >= 0.6 is 0 Å². The van der Waals surface area contributed by atoms with E-state index in [9.17, 15) is 5.11 Å². The van der Waals surface area contributed by atoms with E-state index in [2.05, 4.69) is 41.0 Å². The minimum absolute atomic E-state index is 0.242. The van der Waals surface area contributed by atoms with Gasteiger partial charge in [0, 0.05) is 45.3 Å². The summed E-state index contributed by atoms with van der Waals surface area (Å²) in [6, 6.07) is 7.85. The number of β-amino-alcohol motifs (C(OH)–C–C–N with tert-alkyl or cyclic N) is 1. The minimum atomic E-state index is -0.535. The molecule has 2 aromatic rings. The summed E-state index contributed by atoms with van der Waals surface area (Å²) in [5.41, 5.74) is 2.04. The highest BCUT2D eigenvalue weighted by Crippen LogP contribution is 2.28. The molecule has 3 rings (SSSR count). The van der Waals surface area contributed by atoms with Crippen LogP contribution in [-0.2, 0) is 13.1 Å². The number of aliphatic hydroxyl groups is 1. The molecule has 0 radical (unpaired) electrons. The third kappa shape index (κ3) is 7.20. The second-order valence-electron chi connectivity index (χ2n) is 8.66. The van der Waals surface area contributed by atoms with Gasteiger partial charge in [0.1, 0.15) is 12.7 Å². The van der Waals surface area contributed by atoms with Crippen LogP contribution in [0.3, 0.4) is 0 Å². The SMILES string of the molecule is CCN1CCN(CC(O)COc2ccc(CNCc3cc(C(C)C)no3)cc2OC)CC1. The number of nitrogens with zero attached hydrogens (tertiary/aromatic N) is 3. The highest BCUT2D eigenvalue weighted by atomic mass is 16.5. The first-order valence-corrected chi connectivity index (χ1v) is 11.6. The van der Waals surface area contributed by atoms with Gasteiger partial charge < -0.3 is 29.3 Å². The average molecular weight is 447 g/mol. The molecule has 1 aromatic carbocycles. The predicted molar refractivity (Wildman–Crippen MR) is 124 cm³/mol. The molecule has 0 amide bonds. The van der Waals surface area contributed by atoms with E-state index in [1.807, 2.05) is 24.3 Å². The summed E-state index contributed by atoms with van der Waals surface area (Å²) in [5.74, 6) is 2.48. The van der Waals surface area contributed by atoms with E-state index in [0.29, 0.717) is 37.1 Å². The summed E-state index contributed by atoms with van der Waals surface area (Å²) < 4.78 is 16.7. The molecule has 1 atom stereocenters. The van der Waals surface area contributed by atoms with Crippen molar-refractivity contribution in [2.45, 2.75) is 45.9 Å². The van der Waals surface area contributed by atoms with Crippen LogP contribution < -0.4 is 14.8 Å². The molecule has 2 heterocycles. The molecule has 8 heteroatoms. The van der Waals surface area contributed by atoms with Crippen molar-refractivity contribution in [3.8, 4) is 11.5 Å². The van der Waals surface area contributed by atoms with Gasteiger partial charge in [-0.2, -0.15) is 0 Å². The van der Waals surface area contributed by atoms with Gasteiger partial charge in [-0.05, 0) is 30.2 Å². The number of likely N-dealkylation sites (N-methyl/N-ethyl adjacent to an activating group) is 1. The molecule has 2 N–H and O–H groups in total. The highest BCUT2D eigenvalue weighted by molar-refractivity contribution is 5.43. The molecular weight excluding hydrogens is 408 g/mol. The van der Waals surface area contributed by atoms with Crippen molar-refractivity contribution < 1.29 is 19.1 Å². The van der Waals surface area contributed by atoms with Crippen molar-refractivity contribution in [1.82, 2.24) is 20.3 Å². The topological polar surface area (TPSA) is 83.2 Å². The monoisotopic (exact) mass is 446 g/mol. The number of rotatable bonds is 12. The number of ether oxygens (including phenoxy) is 2. The van der Waals surface area contributed by atoms with E-state index in [1.54, 1.807) is 7.11 Å². The van der Waals surface area contributed by atoms with Gasteiger partial charge in [-0.25, -0.2) is 0 Å².